The van der Waals surface area contributed by atoms with Gasteiger partial charge in [0.15, 0.2) is 0 Å². The summed E-state index contributed by atoms with van der Waals surface area (Å²) in [5, 5.41) is -0.214. The zero-order chi connectivity index (χ0) is 11.2. The Kier molecular flexibility index (Phi) is 6.74. The van der Waals surface area contributed by atoms with Gasteiger partial charge in [0.1, 0.15) is 0 Å². The lowest BCUT2D eigenvalue weighted by atomic mass is 10.5. The lowest BCUT2D eigenvalue weighted by Crippen LogP contribution is -2.21. The maximum atomic E-state index is 10.2. The van der Waals surface area contributed by atoms with Gasteiger partial charge < -0.3 is 4.90 Å². The Morgan fingerprint density at radius 2 is 1.50 bits per heavy atom. The summed E-state index contributed by atoms with van der Waals surface area (Å²) in [5.41, 5.74) is 0. The van der Waals surface area contributed by atoms with Crippen molar-refractivity contribution in [2.75, 3.05) is 19.6 Å². The van der Waals surface area contributed by atoms with Crippen LogP contribution in [0.15, 0.2) is 0 Å². The smallest absolute Gasteiger partial charge is 0.235 e. The summed E-state index contributed by atoms with van der Waals surface area (Å²) in [6.45, 7) is 10.1. The first-order valence-electron chi connectivity index (χ1n) is 5.11. The molecule has 1 rings (SSSR count). The van der Waals surface area contributed by atoms with Crippen LogP contribution in [0.3, 0.4) is 0 Å². The first-order valence-corrected chi connectivity index (χ1v) is 7.48. The molecular weight excluding hydrogens is 222 g/mol. The van der Waals surface area contributed by atoms with Crippen molar-refractivity contribution >= 4 is 19.7 Å². The number of hydrogen-bond donors (Lipinski definition) is 0. The molecule has 0 N–H and O–H groups in total. The number of nitrogens with zero attached hydrogens (tertiary/aromatic N) is 1. The fraction of sp³-hybridized carbons (Fsp3) is 1.00. The molecule has 0 aliphatic heterocycles. The third-order valence-electron chi connectivity index (χ3n) is 2.26. The van der Waals surface area contributed by atoms with Gasteiger partial charge in [0.25, 0.3) is 0 Å². The molecular formula is C9H20ClNO2S. The molecule has 0 heterocycles. The van der Waals surface area contributed by atoms with E-state index >= 15 is 0 Å². The Labute approximate surface area is 91.9 Å². The minimum Gasteiger partial charge on any atom is -0.304 e. The Morgan fingerprint density at radius 3 is 1.50 bits per heavy atom. The van der Waals surface area contributed by atoms with Gasteiger partial charge in [-0.25, -0.2) is 8.42 Å². The average molecular weight is 242 g/mol. The molecule has 0 spiro atoms. The van der Waals surface area contributed by atoms with Crippen LogP contribution in [0.5, 0.6) is 0 Å². The third kappa shape index (κ3) is 6.62. The molecule has 3 nitrogen and oxygen atoms in total. The molecule has 86 valence electrons. The molecule has 1 fully saturated rings. The summed E-state index contributed by atoms with van der Waals surface area (Å²) < 4.78 is 20.3. The molecule has 0 aromatic heterocycles. The predicted molar refractivity (Wildman–Crippen MR) is 61.3 cm³/mol. The maximum Gasteiger partial charge on any atom is 0.235 e. The largest absolute Gasteiger partial charge is 0.304 e. The second kappa shape index (κ2) is 6.64. The van der Waals surface area contributed by atoms with Crippen LogP contribution in [0.1, 0.15) is 33.6 Å². The highest BCUT2D eigenvalue weighted by Crippen LogP contribution is 2.30. The summed E-state index contributed by atoms with van der Waals surface area (Å²) in [7, 11) is 1.75. The SMILES string of the molecule is CCN(CC)CC.O=S(=O)(Cl)C1CC1. The van der Waals surface area contributed by atoms with Crippen molar-refractivity contribution in [1.82, 2.24) is 4.90 Å². The van der Waals surface area contributed by atoms with Gasteiger partial charge in [-0.05, 0) is 32.5 Å². The van der Waals surface area contributed by atoms with Gasteiger partial charge >= 0.3 is 0 Å². The van der Waals surface area contributed by atoms with E-state index in [1.807, 2.05) is 0 Å². The lowest BCUT2D eigenvalue weighted by Gasteiger charge is -2.13. The molecule has 0 aromatic carbocycles. The second-order valence-corrected chi connectivity index (χ2v) is 6.20. The zero-order valence-corrected chi connectivity index (χ0v) is 10.7. The van der Waals surface area contributed by atoms with Crippen molar-refractivity contribution < 1.29 is 8.42 Å². The van der Waals surface area contributed by atoms with E-state index in [1.165, 1.54) is 19.6 Å². The molecule has 0 amide bonds. The Balaban J connectivity index is 0.000000241. The van der Waals surface area contributed by atoms with E-state index in [0.29, 0.717) is 0 Å². The highest BCUT2D eigenvalue weighted by atomic mass is 35.7. The van der Waals surface area contributed by atoms with Gasteiger partial charge in [-0.3, -0.25) is 0 Å². The number of hydrogen-bond acceptors (Lipinski definition) is 3. The number of rotatable bonds is 4. The summed E-state index contributed by atoms with van der Waals surface area (Å²) in [4.78, 5) is 2.38. The van der Waals surface area contributed by atoms with E-state index in [9.17, 15) is 8.42 Å². The van der Waals surface area contributed by atoms with Crippen molar-refractivity contribution in [2.45, 2.75) is 38.9 Å². The van der Waals surface area contributed by atoms with Gasteiger partial charge in [-0.15, -0.1) is 0 Å². The van der Waals surface area contributed by atoms with Crippen LogP contribution < -0.4 is 0 Å². The van der Waals surface area contributed by atoms with Crippen LogP contribution in [0.2, 0.25) is 0 Å². The van der Waals surface area contributed by atoms with E-state index in [1.54, 1.807) is 0 Å². The van der Waals surface area contributed by atoms with E-state index in [-0.39, 0.29) is 5.25 Å². The molecule has 1 aliphatic rings. The summed E-state index contributed by atoms with van der Waals surface area (Å²) in [6.07, 6.45) is 1.51. The molecule has 0 unspecified atom stereocenters. The monoisotopic (exact) mass is 241 g/mol. The minimum absolute atomic E-state index is 0.214. The Morgan fingerprint density at radius 1 is 1.14 bits per heavy atom. The fourth-order valence-electron chi connectivity index (χ4n) is 1.02. The highest BCUT2D eigenvalue weighted by molar-refractivity contribution is 8.14. The molecule has 1 aliphatic carbocycles. The quantitative estimate of drug-likeness (QED) is 0.708. The van der Waals surface area contributed by atoms with Gasteiger partial charge in [0.05, 0.1) is 5.25 Å². The van der Waals surface area contributed by atoms with E-state index in [0.717, 1.165) is 12.8 Å². The molecule has 14 heavy (non-hydrogen) atoms. The maximum absolute atomic E-state index is 10.2. The molecule has 0 radical (unpaired) electrons. The number of halogens is 1. The van der Waals surface area contributed by atoms with Crippen molar-refractivity contribution in [1.29, 1.82) is 0 Å². The Hall–Kier alpha value is 0.200. The van der Waals surface area contributed by atoms with E-state index in [2.05, 4.69) is 25.7 Å². The van der Waals surface area contributed by atoms with Crippen LogP contribution in [0, 0.1) is 0 Å². The van der Waals surface area contributed by atoms with E-state index < -0.39 is 9.05 Å². The zero-order valence-electron chi connectivity index (χ0n) is 9.16. The molecule has 5 heteroatoms. The molecule has 0 bridgehead atoms. The fourth-order valence-corrected chi connectivity index (χ4v) is 2.25. The van der Waals surface area contributed by atoms with Gasteiger partial charge in [0, 0.05) is 10.7 Å². The topological polar surface area (TPSA) is 37.4 Å². The predicted octanol–water partition coefficient (Wildman–Crippen LogP) is 2.07. The lowest BCUT2D eigenvalue weighted by molar-refractivity contribution is 0.321. The van der Waals surface area contributed by atoms with Crippen molar-refractivity contribution in [3.05, 3.63) is 0 Å². The minimum atomic E-state index is -3.16. The van der Waals surface area contributed by atoms with Crippen LogP contribution in [0.4, 0.5) is 0 Å². The van der Waals surface area contributed by atoms with Crippen molar-refractivity contribution in [3.8, 4) is 0 Å². The van der Waals surface area contributed by atoms with Gasteiger partial charge in [0.2, 0.25) is 9.05 Å². The summed E-state index contributed by atoms with van der Waals surface area (Å²) in [5.74, 6) is 0. The van der Waals surface area contributed by atoms with Crippen molar-refractivity contribution in [2.24, 2.45) is 0 Å². The summed E-state index contributed by atoms with van der Waals surface area (Å²) >= 11 is 0. The summed E-state index contributed by atoms with van der Waals surface area (Å²) in [6, 6.07) is 0. The first-order chi connectivity index (χ1) is 6.45. The standard InChI is InChI=1S/C6H15N.C3H5ClO2S/c1-4-7(5-2)6-3;4-7(5,6)3-1-2-3/h4-6H2,1-3H3;3H,1-2H2. The molecule has 0 atom stereocenters. The van der Waals surface area contributed by atoms with Crippen LogP contribution >= 0.6 is 10.7 Å². The van der Waals surface area contributed by atoms with Crippen LogP contribution in [0.25, 0.3) is 0 Å². The van der Waals surface area contributed by atoms with Gasteiger partial charge in [-0.1, -0.05) is 20.8 Å². The van der Waals surface area contributed by atoms with Gasteiger partial charge in [-0.2, -0.15) is 0 Å². The van der Waals surface area contributed by atoms with Crippen LogP contribution in [-0.2, 0) is 9.05 Å². The average Bonchev–Trinajstić information content (AvgIpc) is 2.89. The van der Waals surface area contributed by atoms with Crippen LogP contribution in [-0.4, -0.2) is 38.2 Å². The second-order valence-electron chi connectivity index (χ2n) is 3.29. The molecule has 0 aromatic rings. The normalized spacial score (nSPS) is 16.4. The van der Waals surface area contributed by atoms with E-state index in [4.69, 9.17) is 10.7 Å². The highest BCUT2D eigenvalue weighted by Gasteiger charge is 2.33. The third-order valence-corrected chi connectivity index (χ3v) is 4.29. The molecule has 0 saturated heterocycles. The first kappa shape index (κ1) is 14.2. The Bertz CT molecular complexity index is 228. The molecule has 1 saturated carbocycles. The van der Waals surface area contributed by atoms with Crippen molar-refractivity contribution in [3.63, 3.8) is 0 Å².